The molecule has 0 spiro atoms. The van der Waals surface area contributed by atoms with E-state index in [-0.39, 0.29) is 12.5 Å². The molecule has 1 aromatic rings. The van der Waals surface area contributed by atoms with E-state index in [2.05, 4.69) is 4.98 Å². The lowest BCUT2D eigenvalue weighted by atomic mass is 9.98. The first kappa shape index (κ1) is 9.16. The van der Waals surface area contributed by atoms with Crippen LogP contribution in [0.25, 0.3) is 0 Å². The summed E-state index contributed by atoms with van der Waals surface area (Å²) in [7, 11) is 0. The molecule has 0 saturated heterocycles. The second kappa shape index (κ2) is 4.18. The first-order chi connectivity index (χ1) is 5.79. The molecule has 1 aromatic heterocycles. The van der Waals surface area contributed by atoms with E-state index in [1.165, 1.54) is 0 Å². The first-order valence-corrected chi connectivity index (χ1v) is 4.01. The minimum atomic E-state index is 0.0266. The Bertz CT molecular complexity index is 246. The van der Waals surface area contributed by atoms with Crippen molar-refractivity contribution in [2.45, 2.75) is 12.8 Å². The van der Waals surface area contributed by atoms with Crippen LogP contribution in [0.3, 0.4) is 0 Å². The predicted octanol–water partition coefficient (Wildman–Crippen LogP) is 0.425. The molecular weight excluding hydrogens is 152 g/mol. The van der Waals surface area contributed by atoms with E-state index in [1.807, 2.05) is 13.0 Å². The smallest absolute Gasteiger partial charge is 0.0512 e. The van der Waals surface area contributed by atoms with Crippen molar-refractivity contribution in [2.24, 2.45) is 5.73 Å². The van der Waals surface area contributed by atoms with Gasteiger partial charge in [-0.25, -0.2) is 0 Å². The van der Waals surface area contributed by atoms with Gasteiger partial charge in [0.15, 0.2) is 0 Å². The number of aryl methyl sites for hydroxylation is 1. The molecule has 0 aliphatic carbocycles. The minimum absolute atomic E-state index is 0.0266. The Morgan fingerprint density at radius 2 is 2.42 bits per heavy atom. The number of hydrogen-bond donors (Lipinski definition) is 2. The second-order valence-electron chi connectivity index (χ2n) is 2.85. The lowest BCUT2D eigenvalue weighted by molar-refractivity contribution is 0.267. The number of aromatic nitrogens is 1. The third-order valence-corrected chi connectivity index (χ3v) is 2.02. The molecule has 3 nitrogen and oxygen atoms in total. The van der Waals surface area contributed by atoms with E-state index < -0.39 is 0 Å². The fourth-order valence-corrected chi connectivity index (χ4v) is 1.20. The molecule has 0 aromatic carbocycles. The SMILES string of the molecule is Cc1ccncc1C(CN)CO. The van der Waals surface area contributed by atoms with Crippen molar-refractivity contribution < 1.29 is 5.11 Å². The van der Waals surface area contributed by atoms with Crippen molar-refractivity contribution >= 4 is 0 Å². The quantitative estimate of drug-likeness (QED) is 0.684. The van der Waals surface area contributed by atoms with E-state index in [0.29, 0.717) is 6.54 Å². The maximum absolute atomic E-state index is 9.00. The molecule has 0 bridgehead atoms. The zero-order valence-electron chi connectivity index (χ0n) is 7.20. The summed E-state index contributed by atoms with van der Waals surface area (Å²) in [6.45, 7) is 2.54. The number of nitrogens with zero attached hydrogens (tertiary/aromatic N) is 1. The van der Waals surface area contributed by atoms with Gasteiger partial charge in [-0.15, -0.1) is 0 Å². The van der Waals surface area contributed by atoms with Crippen molar-refractivity contribution in [3.63, 3.8) is 0 Å². The number of hydrogen-bond acceptors (Lipinski definition) is 3. The van der Waals surface area contributed by atoms with Crippen molar-refractivity contribution in [3.05, 3.63) is 29.6 Å². The maximum Gasteiger partial charge on any atom is 0.0512 e. The molecule has 1 heterocycles. The molecule has 3 heteroatoms. The number of rotatable bonds is 3. The Labute approximate surface area is 72.2 Å². The lowest BCUT2D eigenvalue weighted by Gasteiger charge is -2.13. The lowest BCUT2D eigenvalue weighted by Crippen LogP contribution is -2.17. The van der Waals surface area contributed by atoms with Gasteiger partial charge in [0.05, 0.1) is 6.61 Å². The van der Waals surface area contributed by atoms with E-state index in [0.717, 1.165) is 11.1 Å². The Hall–Kier alpha value is -0.930. The van der Waals surface area contributed by atoms with Crippen LogP contribution in [0.5, 0.6) is 0 Å². The van der Waals surface area contributed by atoms with Gasteiger partial charge in [-0.2, -0.15) is 0 Å². The average molecular weight is 166 g/mol. The van der Waals surface area contributed by atoms with Gasteiger partial charge in [0, 0.05) is 24.9 Å². The predicted molar refractivity (Wildman–Crippen MR) is 47.9 cm³/mol. The fourth-order valence-electron chi connectivity index (χ4n) is 1.20. The highest BCUT2D eigenvalue weighted by Crippen LogP contribution is 2.16. The molecule has 1 unspecified atom stereocenters. The summed E-state index contributed by atoms with van der Waals surface area (Å²) >= 11 is 0. The van der Waals surface area contributed by atoms with Gasteiger partial charge in [-0.1, -0.05) is 0 Å². The molecule has 3 N–H and O–H groups in total. The van der Waals surface area contributed by atoms with Crippen molar-refractivity contribution in [1.29, 1.82) is 0 Å². The summed E-state index contributed by atoms with van der Waals surface area (Å²) in [5, 5.41) is 9.00. The molecule has 0 radical (unpaired) electrons. The summed E-state index contributed by atoms with van der Waals surface area (Å²) in [5.74, 6) is 0.0266. The Morgan fingerprint density at radius 3 is 2.92 bits per heavy atom. The van der Waals surface area contributed by atoms with Gasteiger partial charge in [0.25, 0.3) is 0 Å². The molecule has 0 aliphatic heterocycles. The standard InChI is InChI=1S/C9H14N2O/c1-7-2-3-11-5-9(7)8(4-10)6-12/h2-3,5,8,12H,4,6,10H2,1H3. The van der Waals surface area contributed by atoms with Gasteiger partial charge in [-0.3, -0.25) is 4.98 Å². The first-order valence-electron chi connectivity index (χ1n) is 4.01. The molecule has 0 aliphatic rings. The molecule has 12 heavy (non-hydrogen) atoms. The molecule has 1 atom stereocenters. The van der Waals surface area contributed by atoms with Crippen molar-refractivity contribution in [2.75, 3.05) is 13.2 Å². The third kappa shape index (κ3) is 1.81. The Balaban J connectivity index is 2.92. The molecule has 1 rings (SSSR count). The van der Waals surface area contributed by atoms with Crippen LogP contribution in [-0.2, 0) is 0 Å². The topological polar surface area (TPSA) is 59.1 Å². The van der Waals surface area contributed by atoms with Crippen LogP contribution >= 0.6 is 0 Å². The normalized spacial score (nSPS) is 12.9. The van der Waals surface area contributed by atoms with Crippen LogP contribution in [0.15, 0.2) is 18.5 Å². The Kier molecular flexibility index (Phi) is 3.19. The fraction of sp³-hybridized carbons (Fsp3) is 0.444. The summed E-state index contributed by atoms with van der Waals surface area (Å²) < 4.78 is 0. The van der Waals surface area contributed by atoms with Gasteiger partial charge in [-0.05, 0) is 24.1 Å². The monoisotopic (exact) mass is 166 g/mol. The molecular formula is C9H14N2O. The summed E-state index contributed by atoms with van der Waals surface area (Å²) in [4.78, 5) is 4.00. The van der Waals surface area contributed by atoms with Crippen molar-refractivity contribution in [1.82, 2.24) is 4.98 Å². The summed E-state index contributed by atoms with van der Waals surface area (Å²) in [6.07, 6.45) is 3.51. The Morgan fingerprint density at radius 1 is 1.67 bits per heavy atom. The highest BCUT2D eigenvalue weighted by Gasteiger charge is 2.09. The van der Waals surface area contributed by atoms with E-state index in [9.17, 15) is 0 Å². The zero-order chi connectivity index (χ0) is 8.97. The summed E-state index contributed by atoms with van der Waals surface area (Å²) in [6, 6.07) is 1.92. The van der Waals surface area contributed by atoms with Crippen LogP contribution in [0.1, 0.15) is 17.0 Å². The maximum atomic E-state index is 9.00. The van der Waals surface area contributed by atoms with E-state index >= 15 is 0 Å². The second-order valence-corrected chi connectivity index (χ2v) is 2.85. The van der Waals surface area contributed by atoms with Crippen LogP contribution in [0, 0.1) is 6.92 Å². The van der Waals surface area contributed by atoms with Gasteiger partial charge >= 0.3 is 0 Å². The van der Waals surface area contributed by atoms with Gasteiger partial charge < -0.3 is 10.8 Å². The summed E-state index contributed by atoms with van der Waals surface area (Å²) in [5.41, 5.74) is 7.67. The average Bonchev–Trinajstić information content (AvgIpc) is 2.10. The molecule has 66 valence electrons. The number of aliphatic hydroxyl groups excluding tert-OH is 1. The number of pyridine rings is 1. The van der Waals surface area contributed by atoms with Gasteiger partial charge in [0.1, 0.15) is 0 Å². The van der Waals surface area contributed by atoms with Crippen molar-refractivity contribution in [3.8, 4) is 0 Å². The molecule has 0 saturated carbocycles. The molecule has 0 amide bonds. The highest BCUT2D eigenvalue weighted by molar-refractivity contribution is 5.25. The number of aliphatic hydroxyl groups is 1. The van der Waals surface area contributed by atoms with Crippen LogP contribution in [-0.4, -0.2) is 23.2 Å². The largest absolute Gasteiger partial charge is 0.396 e. The molecule has 0 fully saturated rings. The van der Waals surface area contributed by atoms with E-state index in [1.54, 1.807) is 12.4 Å². The minimum Gasteiger partial charge on any atom is -0.396 e. The van der Waals surface area contributed by atoms with Crippen LogP contribution < -0.4 is 5.73 Å². The van der Waals surface area contributed by atoms with Crippen LogP contribution in [0.4, 0.5) is 0 Å². The van der Waals surface area contributed by atoms with Gasteiger partial charge in [0.2, 0.25) is 0 Å². The highest BCUT2D eigenvalue weighted by atomic mass is 16.3. The van der Waals surface area contributed by atoms with E-state index in [4.69, 9.17) is 10.8 Å². The number of nitrogens with two attached hydrogens (primary N) is 1. The third-order valence-electron chi connectivity index (χ3n) is 2.02. The van der Waals surface area contributed by atoms with Crippen LogP contribution in [0.2, 0.25) is 0 Å². The zero-order valence-corrected chi connectivity index (χ0v) is 7.20.